The van der Waals surface area contributed by atoms with Gasteiger partial charge in [0.05, 0.1) is 17.5 Å². The highest BCUT2D eigenvalue weighted by atomic mass is 16.2. The number of aromatic nitrogens is 2. The van der Waals surface area contributed by atoms with Crippen LogP contribution in [0.2, 0.25) is 0 Å². The number of rotatable bonds is 4. The second-order valence-corrected chi connectivity index (χ2v) is 7.70. The summed E-state index contributed by atoms with van der Waals surface area (Å²) in [6.07, 6.45) is 5.18. The number of benzene rings is 1. The van der Waals surface area contributed by atoms with Crippen LogP contribution in [0.3, 0.4) is 0 Å². The first-order valence-corrected chi connectivity index (χ1v) is 9.75. The monoisotopic (exact) mass is 352 g/mol. The maximum atomic E-state index is 13.4. The lowest BCUT2D eigenvalue weighted by molar-refractivity contribution is 0.0750. The third kappa shape index (κ3) is 3.00. The van der Waals surface area contributed by atoms with E-state index in [1.165, 1.54) is 24.1 Å². The van der Waals surface area contributed by atoms with Gasteiger partial charge in [0.2, 0.25) is 0 Å². The number of nitrogens with zero attached hydrogens (tertiary/aromatic N) is 4. The van der Waals surface area contributed by atoms with E-state index in [9.17, 15) is 4.79 Å². The van der Waals surface area contributed by atoms with E-state index in [0.717, 1.165) is 30.8 Å². The van der Waals surface area contributed by atoms with Crippen LogP contribution in [0.1, 0.15) is 66.7 Å². The third-order valence-electron chi connectivity index (χ3n) is 5.79. The molecule has 1 amide bonds. The molecule has 5 heteroatoms. The van der Waals surface area contributed by atoms with E-state index in [1.54, 1.807) is 0 Å². The fourth-order valence-corrected chi connectivity index (χ4v) is 3.86. The highest BCUT2D eigenvalue weighted by molar-refractivity contribution is 5.95. The van der Waals surface area contributed by atoms with Gasteiger partial charge in [0.15, 0.2) is 0 Å². The molecule has 4 rings (SSSR count). The van der Waals surface area contributed by atoms with Crippen molar-refractivity contribution in [2.75, 3.05) is 25.0 Å². The van der Waals surface area contributed by atoms with Crippen LogP contribution in [0.4, 0.5) is 5.69 Å². The number of likely N-dealkylation sites (N-methyl/N-ethyl adjacent to an activating group) is 1. The molecule has 0 spiro atoms. The summed E-state index contributed by atoms with van der Waals surface area (Å²) in [6, 6.07) is 8.72. The Hall–Kier alpha value is -2.30. The highest BCUT2D eigenvalue weighted by Crippen LogP contribution is 2.43. The number of fused-ring (bicyclic) bond motifs is 1. The van der Waals surface area contributed by atoms with E-state index in [0.29, 0.717) is 18.5 Å². The van der Waals surface area contributed by atoms with Gasteiger partial charge in [0, 0.05) is 44.3 Å². The summed E-state index contributed by atoms with van der Waals surface area (Å²) < 4.78 is 2.10. The fraction of sp³-hybridized carbons (Fsp3) is 0.524. The van der Waals surface area contributed by atoms with E-state index >= 15 is 0 Å². The molecule has 2 heterocycles. The fourth-order valence-electron chi connectivity index (χ4n) is 3.86. The molecule has 1 aromatic heterocycles. The van der Waals surface area contributed by atoms with Crippen LogP contribution in [0.25, 0.3) is 0 Å². The Bertz CT molecular complexity index is 808. The molecule has 1 aromatic carbocycles. The molecular formula is C21H28N4O. The van der Waals surface area contributed by atoms with Crippen LogP contribution in [0, 0.1) is 0 Å². The Labute approximate surface area is 155 Å². The summed E-state index contributed by atoms with van der Waals surface area (Å²) in [5.41, 5.74) is 4.41. The van der Waals surface area contributed by atoms with Gasteiger partial charge in [-0.25, -0.2) is 0 Å². The molecule has 2 aliphatic rings. The molecule has 1 aliphatic heterocycles. The largest absolute Gasteiger partial charge is 0.373 e. The van der Waals surface area contributed by atoms with Gasteiger partial charge >= 0.3 is 0 Å². The summed E-state index contributed by atoms with van der Waals surface area (Å²) in [5.74, 6) is 0.638. The number of carbonyl (C=O) groups excluding carboxylic acids is 1. The smallest absolute Gasteiger partial charge is 0.257 e. The molecule has 138 valence electrons. The van der Waals surface area contributed by atoms with E-state index < -0.39 is 0 Å². The molecule has 0 bridgehead atoms. The zero-order valence-electron chi connectivity index (χ0n) is 16.0. The van der Waals surface area contributed by atoms with Crippen molar-refractivity contribution < 1.29 is 4.79 Å². The van der Waals surface area contributed by atoms with Gasteiger partial charge in [-0.3, -0.25) is 9.48 Å². The average molecular weight is 352 g/mol. The molecule has 5 nitrogen and oxygen atoms in total. The molecular weight excluding hydrogens is 324 g/mol. The summed E-state index contributed by atoms with van der Waals surface area (Å²) in [7, 11) is 2.10. The Balaban J connectivity index is 1.65. The van der Waals surface area contributed by atoms with Crippen molar-refractivity contribution in [3.63, 3.8) is 0 Å². The first-order chi connectivity index (χ1) is 12.6. The van der Waals surface area contributed by atoms with Crippen LogP contribution in [0.5, 0.6) is 0 Å². The Morgan fingerprint density at radius 2 is 2.04 bits per heavy atom. The van der Waals surface area contributed by atoms with Gasteiger partial charge < -0.3 is 9.80 Å². The summed E-state index contributed by atoms with van der Waals surface area (Å²) >= 11 is 0. The number of carbonyl (C=O) groups is 1. The summed E-state index contributed by atoms with van der Waals surface area (Å²) in [4.78, 5) is 17.6. The minimum Gasteiger partial charge on any atom is -0.373 e. The van der Waals surface area contributed by atoms with Crippen LogP contribution in [-0.4, -0.2) is 40.7 Å². The molecule has 1 atom stereocenters. The first-order valence-electron chi connectivity index (χ1n) is 9.75. The maximum Gasteiger partial charge on any atom is 0.257 e. The lowest BCUT2D eigenvalue weighted by Crippen LogP contribution is -2.34. The normalized spacial score (nSPS) is 18.4. The predicted octanol–water partition coefficient (Wildman–Crippen LogP) is 3.82. The van der Waals surface area contributed by atoms with Crippen LogP contribution in [0.15, 0.2) is 30.5 Å². The molecule has 1 saturated carbocycles. The highest BCUT2D eigenvalue weighted by Gasteiger charge is 2.35. The first kappa shape index (κ1) is 17.1. The quantitative estimate of drug-likeness (QED) is 0.840. The molecule has 0 unspecified atom stereocenters. The molecule has 0 saturated heterocycles. The van der Waals surface area contributed by atoms with Crippen molar-refractivity contribution in [2.24, 2.45) is 0 Å². The van der Waals surface area contributed by atoms with E-state index in [-0.39, 0.29) is 5.91 Å². The van der Waals surface area contributed by atoms with Crippen LogP contribution < -0.4 is 4.90 Å². The van der Waals surface area contributed by atoms with Gasteiger partial charge in [-0.05, 0) is 37.8 Å². The lowest BCUT2D eigenvalue weighted by atomic mass is 10.1. The van der Waals surface area contributed by atoms with E-state index in [1.807, 2.05) is 11.1 Å². The average Bonchev–Trinajstić information content (AvgIpc) is 3.43. The van der Waals surface area contributed by atoms with Crippen LogP contribution >= 0.6 is 0 Å². The number of anilines is 1. The van der Waals surface area contributed by atoms with Gasteiger partial charge in [0.25, 0.3) is 5.91 Å². The van der Waals surface area contributed by atoms with Gasteiger partial charge in [0.1, 0.15) is 0 Å². The van der Waals surface area contributed by atoms with Crippen molar-refractivity contribution in [3.8, 4) is 0 Å². The second kappa shape index (κ2) is 6.78. The molecule has 0 N–H and O–H groups in total. The standard InChI is InChI=1S/C21H28N4O/c1-4-15(2)25-20(16-9-10-16)18(13-22-25)21(26)24-12-11-23(3)19-8-6-5-7-17(19)14-24/h5-8,13,15-16H,4,9-12,14H2,1-3H3/t15-/m0/s1. The maximum absolute atomic E-state index is 13.4. The predicted molar refractivity (Wildman–Crippen MR) is 104 cm³/mol. The molecule has 2 aromatic rings. The van der Waals surface area contributed by atoms with Crippen molar-refractivity contribution in [1.29, 1.82) is 0 Å². The molecule has 26 heavy (non-hydrogen) atoms. The SMILES string of the molecule is CC[C@H](C)n1ncc(C(=O)N2CCN(C)c3ccccc3C2)c1C1CC1. The topological polar surface area (TPSA) is 41.4 Å². The van der Waals surface area contributed by atoms with Crippen molar-refractivity contribution in [3.05, 3.63) is 47.3 Å². The van der Waals surface area contributed by atoms with Crippen molar-refractivity contribution >= 4 is 11.6 Å². The Morgan fingerprint density at radius 1 is 1.27 bits per heavy atom. The van der Waals surface area contributed by atoms with Gasteiger partial charge in [-0.2, -0.15) is 5.10 Å². The Morgan fingerprint density at radius 3 is 2.77 bits per heavy atom. The lowest BCUT2D eigenvalue weighted by Gasteiger charge is -2.22. The number of hydrogen-bond donors (Lipinski definition) is 0. The van der Waals surface area contributed by atoms with E-state index in [2.05, 4.69) is 59.8 Å². The molecule has 1 fully saturated rings. The van der Waals surface area contributed by atoms with Crippen molar-refractivity contribution in [2.45, 2.75) is 51.6 Å². The van der Waals surface area contributed by atoms with Gasteiger partial charge in [-0.15, -0.1) is 0 Å². The van der Waals surface area contributed by atoms with Crippen molar-refractivity contribution in [1.82, 2.24) is 14.7 Å². The zero-order chi connectivity index (χ0) is 18.3. The van der Waals surface area contributed by atoms with Crippen LogP contribution in [-0.2, 0) is 6.54 Å². The summed E-state index contributed by atoms with van der Waals surface area (Å²) in [6.45, 7) is 6.61. The number of hydrogen-bond acceptors (Lipinski definition) is 3. The number of amides is 1. The third-order valence-corrected chi connectivity index (χ3v) is 5.79. The van der Waals surface area contributed by atoms with Gasteiger partial charge in [-0.1, -0.05) is 25.1 Å². The zero-order valence-corrected chi connectivity index (χ0v) is 16.0. The molecule has 0 radical (unpaired) electrons. The Kier molecular flexibility index (Phi) is 4.47. The number of para-hydroxylation sites is 1. The minimum atomic E-state index is 0.131. The minimum absolute atomic E-state index is 0.131. The van der Waals surface area contributed by atoms with E-state index in [4.69, 9.17) is 0 Å². The molecule has 1 aliphatic carbocycles. The second-order valence-electron chi connectivity index (χ2n) is 7.70. The summed E-state index contributed by atoms with van der Waals surface area (Å²) in [5, 5.41) is 4.61.